The van der Waals surface area contributed by atoms with Crippen molar-refractivity contribution in [3.8, 4) is 5.75 Å². The lowest BCUT2D eigenvalue weighted by molar-refractivity contribution is -0.120. The third kappa shape index (κ3) is 7.49. The highest BCUT2D eigenvalue weighted by atomic mass is 35.5. The average molecular weight is 314 g/mol. The van der Waals surface area contributed by atoms with Gasteiger partial charge in [-0.15, -0.1) is 12.4 Å². The zero-order chi connectivity index (χ0) is 15.0. The molecule has 0 aliphatic heterocycles. The van der Waals surface area contributed by atoms with Crippen LogP contribution in [0.25, 0.3) is 0 Å². The molecule has 1 unspecified atom stereocenters. The number of ketones is 1. The monoisotopic (exact) mass is 313 g/mol. The molecule has 21 heavy (non-hydrogen) atoms. The number of rotatable bonds is 9. The van der Waals surface area contributed by atoms with Crippen molar-refractivity contribution < 1.29 is 9.53 Å². The maximum atomic E-state index is 11.2. The number of nitrogens with zero attached hydrogens (tertiary/aromatic N) is 1. The van der Waals surface area contributed by atoms with E-state index < -0.39 is 0 Å². The number of carbonyl (C=O) groups is 1. The lowest BCUT2D eigenvalue weighted by atomic mass is 9.98. The predicted molar refractivity (Wildman–Crippen MR) is 90.5 cm³/mol. The summed E-state index contributed by atoms with van der Waals surface area (Å²) in [5.41, 5.74) is 1.18. The van der Waals surface area contributed by atoms with Crippen LogP contribution in [0.1, 0.15) is 33.3 Å². The zero-order valence-electron chi connectivity index (χ0n) is 13.6. The number of benzene rings is 1. The molecule has 0 saturated heterocycles. The highest BCUT2D eigenvalue weighted by Crippen LogP contribution is 2.15. The van der Waals surface area contributed by atoms with Gasteiger partial charge < -0.3 is 9.64 Å². The van der Waals surface area contributed by atoms with Crippen LogP contribution >= 0.6 is 12.4 Å². The van der Waals surface area contributed by atoms with Crippen molar-refractivity contribution in [1.82, 2.24) is 4.90 Å². The maximum absolute atomic E-state index is 11.2. The number of Topliss-reactive ketones (excluding diaryl/α,β-unsaturated/α-hetero) is 1. The average Bonchev–Trinajstić information content (AvgIpc) is 2.45. The molecule has 0 heterocycles. The normalized spacial score (nSPS) is 11.9. The topological polar surface area (TPSA) is 29.5 Å². The van der Waals surface area contributed by atoms with Crippen molar-refractivity contribution in [3.05, 3.63) is 29.8 Å². The minimum absolute atomic E-state index is 0. The molecule has 4 heteroatoms. The second-order valence-electron chi connectivity index (χ2n) is 5.24. The highest BCUT2D eigenvalue weighted by molar-refractivity contribution is 5.85. The van der Waals surface area contributed by atoms with E-state index in [0.29, 0.717) is 6.61 Å². The van der Waals surface area contributed by atoms with E-state index in [0.717, 1.165) is 31.8 Å². The van der Waals surface area contributed by atoms with Crippen LogP contribution in [0.5, 0.6) is 5.75 Å². The Balaban J connectivity index is 0.00000400. The van der Waals surface area contributed by atoms with E-state index in [1.54, 1.807) is 6.92 Å². The summed E-state index contributed by atoms with van der Waals surface area (Å²) in [6.45, 7) is 11.7. The molecule has 120 valence electrons. The molecule has 0 spiro atoms. The first-order valence-corrected chi connectivity index (χ1v) is 7.51. The van der Waals surface area contributed by atoms with Crippen molar-refractivity contribution in [2.75, 3.05) is 26.2 Å². The van der Waals surface area contributed by atoms with Gasteiger partial charge in [-0.2, -0.15) is 0 Å². The fraction of sp³-hybridized carbons (Fsp3) is 0.588. The van der Waals surface area contributed by atoms with Crippen LogP contribution in [0.15, 0.2) is 24.3 Å². The van der Waals surface area contributed by atoms with Gasteiger partial charge in [0.05, 0.1) is 0 Å². The molecule has 0 N–H and O–H groups in total. The van der Waals surface area contributed by atoms with Crippen LogP contribution in [0.4, 0.5) is 0 Å². The summed E-state index contributed by atoms with van der Waals surface area (Å²) < 4.78 is 5.74. The second-order valence-corrected chi connectivity index (χ2v) is 5.24. The third-order valence-corrected chi connectivity index (χ3v) is 3.73. The quantitative estimate of drug-likeness (QED) is 0.697. The van der Waals surface area contributed by atoms with Crippen molar-refractivity contribution in [1.29, 1.82) is 0 Å². The number of likely N-dealkylation sites (N-methyl/N-ethyl adjacent to an activating group) is 1. The van der Waals surface area contributed by atoms with E-state index in [4.69, 9.17) is 4.74 Å². The predicted octanol–water partition coefficient (Wildman–Crippen LogP) is 3.60. The smallest absolute Gasteiger partial charge is 0.132 e. The Labute approximate surface area is 135 Å². The summed E-state index contributed by atoms with van der Waals surface area (Å²) in [5, 5.41) is 0. The number of halogens is 1. The minimum Gasteiger partial charge on any atom is -0.492 e. The summed E-state index contributed by atoms with van der Waals surface area (Å²) in [5.74, 6) is 1.23. The molecule has 0 amide bonds. The summed E-state index contributed by atoms with van der Waals surface area (Å²) in [6, 6.07) is 8.08. The molecule has 0 saturated carbocycles. The van der Waals surface area contributed by atoms with Crippen molar-refractivity contribution in [2.45, 2.75) is 34.1 Å². The van der Waals surface area contributed by atoms with Crippen LogP contribution in [0, 0.1) is 5.92 Å². The molecule has 1 aromatic rings. The molecule has 0 aliphatic rings. The Morgan fingerprint density at radius 2 is 1.76 bits per heavy atom. The molecule has 0 radical (unpaired) electrons. The van der Waals surface area contributed by atoms with Gasteiger partial charge in [-0.05, 0) is 44.1 Å². The SMILES string of the molecule is CCN(CC)CCOc1ccc(CC(C)C(C)=O)cc1.Cl. The molecule has 0 bridgehead atoms. The number of hydrogen-bond acceptors (Lipinski definition) is 3. The molecule has 0 aliphatic carbocycles. The third-order valence-electron chi connectivity index (χ3n) is 3.73. The van der Waals surface area contributed by atoms with Gasteiger partial charge in [0.1, 0.15) is 18.1 Å². The first kappa shape index (κ1) is 19.9. The van der Waals surface area contributed by atoms with Crippen LogP contribution in [-0.4, -0.2) is 36.9 Å². The van der Waals surface area contributed by atoms with Gasteiger partial charge >= 0.3 is 0 Å². The van der Waals surface area contributed by atoms with E-state index in [1.165, 1.54) is 5.56 Å². The summed E-state index contributed by atoms with van der Waals surface area (Å²) >= 11 is 0. The lowest BCUT2D eigenvalue weighted by Gasteiger charge is -2.18. The first-order chi connectivity index (χ1) is 9.56. The summed E-state index contributed by atoms with van der Waals surface area (Å²) in [4.78, 5) is 13.6. The fourth-order valence-corrected chi connectivity index (χ4v) is 2.05. The summed E-state index contributed by atoms with van der Waals surface area (Å²) in [6.07, 6.45) is 0.801. The standard InChI is InChI=1S/C17H27NO2.ClH/c1-5-18(6-2)11-12-20-17-9-7-16(8-10-17)13-14(3)15(4)19;/h7-10,14H,5-6,11-13H2,1-4H3;1H. The highest BCUT2D eigenvalue weighted by Gasteiger charge is 2.08. The van der Waals surface area contributed by atoms with Crippen LogP contribution in [0.3, 0.4) is 0 Å². The van der Waals surface area contributed by atoms with Crippen molar-refractivity contribution in [3.63, 3.8) is 0 Å². The molecular formula is C17H28ClNO2. The summed E-state index contributed by atoms with van der Waals surface area (Å²) in [7, 11) is 0. The van der Waals surface area contributed by atoms with Crippen LogP contribution in [0.2, 0.25) is 0 Å². The van der Waals surface area contributed by atoms with E-state index in [-0.39, 0.29) is 24.1 Å². The number of carbonyl (C=O) groups excluding carboxylic acids is 1. The number of ether oxygens (including phenoxy) is 1. The lowest BCUT2D eigenvalue weighted by Crippen LogP contribution is -2.27. The van der Waals surface area contributed by atoms with Gasteiger partial charge in [0.2, 0.25) is 0 Å². The Hall–Kier alpha value is -1.06. The minimum atomic E-state index is 0. The van der Waals surface area contributed by atoms with E-state index in [2.05, 4.69) is 18.7 Å². The fourth-order valence-electron chi connectivity index (χ4n) is 2.05. The van der Waals surface area contributed by atoms with E-state index >= 15 is 0 Å². The molecular weight excluding hydrogens is 286 g/mol. The van der Waals surface area contributed by atoms with Crippen LogP contribution < -0.4 is 4.74 Å². The van der Waals surface area contributed by atoms with Crippen molar-refractivity contribution >= 4 is 18.2 Å². The van der Waals surface area contributed by atoms with Crippen molar-refractivity contribution in [2.24, 2.45) is 5.92 Å². The molecule has 3 nitrogen and oxygen atoms in total. The van der Waals surface area contributed by atoms with E-state index in [9.17, 15) is 4.79 Å². The molecule has 0 fully saturated rings. The van der Waals surface area contributed by atoms with Crippen LogP contribution in [-0.2, 0) is 11.2 Å². The molecule has 1 aromatic carbocycles. The number of hydrogen-bond donors (Lipinski definition) is 0. The Bertz CT molecular complexity index is 402. The molecule has 1 rings (SSSR count). The van der Waals surface area contributed by atoms with E-state index in [1.807, 2.05) is 31.2 Å². The molecule has 1 atom stereocenters. The maximum Gasteiger partial charge on any atom is 0.132 e. The Morgan fingerprint density at radius 3 is 2.24 bits per heavy atom. The first-order valence-electron chi connectivity index (χ1n) is 7.51. The van der Waals surface area contributed by atoms with Gasteiger partial charge in [0, 0.05) is 12.5 Å². The van der Waals surface area contributed by atoms with Gasteiger partial charge in [-0.1, -0.05) is 32.9 Å². The zero-order valence-corrected chi connectivity index (χ0v) is 14.4. The Kier molecular flexibility index (Phi) is 10.1. The largest absolute Gasteiger partial charge is 0.492 e. The van der Waals surface area contributed by atoms with Gasteiger partial charge in [0.15, 0.2) is 0 Å². The second kappa shape index (κ2) is 10.6. The van der Waals surface area contributed by atoms with Gasteiger partial charge in [0.25, 0.3) is 0 Å². The molecule has 0 aromatic heterocycles. The van der Waals surface area contributed by atoms with Gasteiger partial charge in [-0.3, -0.25) is 4.79 Å². The Morgan fingerprint density at radius 1 is 1.19 bits per heavy atom. The van der Waals surface area contributed by atoms with Gasteiger partial charge in [-0.25, -0.2) is 0 Å².